The fraction of sp³-hybridized carbons (Fsp3) is 0.647. The molecule has 0 radical (unpaired) electrons. The molecule has 1 aliphatic rings. The SMILES string of the molecule is CC(C)CC(=O)N1Cc2cccn2C[C@H](OCC(=O)N(C)C)C1. The van der Waals surface area contributed by atoms with Crippen molar-refractivity contribution in [1.29, 1.82) is 0 Å². The third kappa shape index (κ3) is 4.82. The molecule has 6 heteroatoms. The molecule has 1 atom stereocenters. The topological polar surface area (TPSA) is 54.8 Å². The predicted molar refractivity (Wildman–Crippen MR) is 87.7 cm³/mol. The van der Waals surface area contributed by atoms with E-state index in [0.717, 1.165) is 5.69 Å². The molecule has 2 heterocycles. The zero-order chi connectivity index (χ0) is 17.0. The predicted octanol–water partition coefficient (Wildman–Crippen LogP) is 1.35. The highest BCUT2D eigenvalue weighted by atomic mass is 16.5. The van der Waals surface area contributed by atoms with Gasteiger partial charge in [-0.1, -0.05) is 13.8 Å². The number of amides is 2. The Hall–Kier alpha value is -1.82. The van der Waals surface area contributed by atoms with Gasteiger partial charge in [-0.15, -0.1) is 0 Å². The van der Waals surface area contributed by atoms with Crippen molar-refractivity contribution in [2.24, 2.45) is 5.92 Å². The third-order valence-corrected chi connectivity index (χ3v) is 3.98. The Kier molecular flexibility index (Phi) is 5.82. The lowest BCUT2D eigenvalue weighted by molar-refractivity contribution is -0.138. The molecule has 23 heavy (non-hydrogen) atoms. The van der Waals surface area contributed by atoms with Crippen LogP contribution in [0.2, 0.25) is 0 Å². The van der Waals surface area contributed by atoms with Gasteiger partial charge in [0.1, 0.15) is 6.61 Å². The molecule has 0 saturated carbocycles. The summed E-state index contributed by atoms with van der Waals surface area (Å²) in [4.78, 5) is 27.6. The Morgan fingerprint density at radius 2 is 2.09 bits per heavy atom. The summed E-state index contributed by atoms with van der Waals surface area (Å²) >= 11 is 0. The van der Waals surface area contributed by atoms with Crippen LogP contribution < -0.4 is 0 Å². The highest BCUT2D eigenvalue weighted by molar-refractivity contribution is 5.77. The number of rotatable bonds is 5. The molecule has 0 aromatic carbocycles. The van der Waals surface area contributed by atoms with Gasteiger partial charge in [0.05, 0.1) is 19.2 Å². The number of likely N-dealkylation sites (N-methyl/N-ethyl adjacent to an activating group) is 1. The molecular weight excluding hydrogens is 294 g/mol. The lowest BCUT2D eigenvalue weighted by Crippen LogP contribution is -2.39. The van der Waals surface area contributed by atoms with Crippen LogP contribution in [0.5, 0.6) is 0 Å². The molecule has 0 saturated heterocycles. The molecule has 0 spiro atoms. The first-order chi connectivity index (χ1) is 10.9. The molecule has 1 aliphatic heterocycles. The van der Waals surface area contributed by atoms with Crippen molar-refractivity contribution in [3.05, 3.63) is 24.0 Å². The van der Waals surface area contributed by atoms with E-state index in [1.165, 1.54) is 4.90 Å². The highest BCUT2D eigenvalue weighted by Crippen LogP contribution is 2.17. The van der Waals surface area contributed by atoms with Crippen LogP contribution in [-0.2, 0) is 27.4 Å². The van der Waals surface area contributed by atoms with Crippen LogP contribution in [0.1, 0.15) is 26.0 Å². The second-order valence-corrected chi connectivity index (χ2v) is 6.75. The Bertz CT molecular complexity index is 551. The van der Waals surface area contributed by atoms with Crippen molar-refractivity contribution < 1.29 is 14.3 Å². The number of ether oxygens (including phenoxy) is 1. The maximum Gasteiger partial charge on any atom is 0.248 e. The second kappa shape index (κ2) is 7.64. The molecule has 0 bridgehead atoms. The number of fused-ring (bicyclic) bond motifs is 1. The van der Waals surface area contributed by atoms with Gasteiger partial charge in [0.25, 0.3) is 0 Å². The third-order valence-electron chi connectivity index (χ3n) is 3.98. The summed E-state index contributed by atoms with van der Waals surface area (Å²) in [6, 6.07) is 4.01. The lowest BCUT2D eigenvalue weighted by Gasteiger charge is -2.25. The fourth-order valence-corrected chi connectivity index (χ4v) is 2.65. The van der Waals surface area contributed by atoms with Crippen molar-refractivity contribution in [3.63, 3.8) is 0 Å². The standard InChI is InChI=1S/C17H27N3O3/c1-13(2)8-16(21)20-9-14-6-5-7-19(14)10-15(11-20)23-12-17(22)18(3)4/h5-7,13,15H,8-12H2,1-4H3/t15-/m0/s1. The summed E-state index contributed by atoms with van der Waals surface area (Å²) in [7, 11) is 3.42. The number of hydrogen-bond donors (Lipinski definition) is 0. The first-order valence-electron chi connectivity index (χ1n) is 8.10. The smallest absolute Gasteiger partial charge is 0.248 e. The van der Waals surface area contributed by atoms with E-state index in [9.17, 15) is 9.59 Å². The van der Waals surface area contributed by atoms with E-state index in [1.54, 1.807) is 14.1 Å². The van der Waals surface area contributed by atoms with E-state index in [0.29, 0.717) is 32.0 Å². The molecular formula is C17H27N3O3. The van der Waals surface area contributed by atoms with E-state index in [1.807, 2.05) is 37.1 Å². The summed E-state index contributed by atoms with van der Waals surface area (Å²) in [5, 5.41) is 0. The van der Waals surface area contributed by atoms with Crippen LogP contribution in [0.15, 0.2) is 18.3 Å². The van der Waals surface area contributed by atoms with Crippen molar-refractivity contribution in [1.82, 2.24) is 14.4 Å². The minimum atomic E-state index is -0.177. The van der Waals surface area contributed by atoms with Crippen molar-refractivity contribution in [2.45, 2.75) is 39.5 Å². The fourth-order valence-electron chi connectivity index (χ4n) is 2.65. The Balaban J connectivity index is 2.07. The summed E-state index contributed by atoms with van der Waals surface area (Å²) in [5.41, 5.74) is 1.10. The van der Waals surface area contributed by atoms with Gasteiger partial charge in [-0.25, -0.2) is 0 Å². The minimum absolute atomic E-state index is 0.0421. The van der Waals surface area contributed by atoms with Crippen LogP contribution in [0.4, 0.5) is 0 Å². The average molecular weight is 321 g/mol. The van der Waals surface area contributed by atoms with Gasteiger partial charge in [-0.2, -0.15) is 0 Å². The van der Waals surface area contributed by atoms with E-state index >= 15 is 0 Å². The Labute approximate surface area is 138 Å². The molecule has 0 N–H and O–H groups in total. The molecule has 0 fully saturated rings. The van der Waals surface area contributed by atoms with Crippen LogP contribution in [-0.4, -0.2) is 59.5 Å². The first kappa shape index (κ1) is 17.5. The number of aromatic nitrogens is 1. The van der Waals surface area contributed by atoms with Gasteiger partial charge in [-0.3, -0.25) is 9.59 Å². The zero-order valence-corrected chi connectivity index (χ0v) is 14.5. The minimum Gasteiger partial charge on any atom is -0.365 e. The zero-order valence-electron chi connectivity index (χ0n) is 14.5. The lowest BCUT2D eigenvalue weighted by atomic mass is 10.1. The second-order valence-electron chi connectivity index (χ2n) is 6.75. The highest BCUT2D eigenvalue weighted by Gasteiger charge is 2.26. The average Bonchev–Trinajstić information content (AvgIpc) is 2.82. The van der Waals surface area contributed by atoms with Gasteiger partial charge in [0.2, 0.25) is 11.8 Å². The van der Waals surface area contributed by atoms with Gasteiger partial charge in [-0.05, 0) is 18.1 Å². The maximum absolute atomic E-state index is 12.5. The molecule has 0 aliphatic carbocycles. The number of hydrogen-bond acceptors (Lipinski definition) is 3. The molecule has 1 aromatic rings. The summed E-state index contributed by atoms with van der Waals surface area (Å²) in [6.45, 7) is 5.91. The van der Waals surface area contributed by atoms with Crippen LogP contribution in [0.25, 0.3) is 0 Å². The Morgan fingerprint density at radius 3 is 2.74 bits per heavy atom. The first-order valence-corrected chi connectivity index (χ1v) is 8.10. The molecule has 1 aromatic heterocycles. The van der Waals surface area contributed by atoms with E-state index in [4.69, 9.17) is 4.74 Å². The largest absolute Gasteiger partial charge is 0.365 e. The van der Waals surface area contributed by atoms with E-state index in [-0.39, 0.29) is 24.5 Å². The summed E-state index contributed by atoms with van der Waals surface area (Å²) in [5.74, 6) is 0.399. The van der Waals surface area contributed by atoms with Crippen molar-refractivity contribution >= 4 is 11.8 Å². The summed E-state index contributed by atoms with van der Waals surface area (Å²) < 4.78 is 7.90. The molecule has 2 amide bonds. The number of carbonyl (C=O) groups is 2. The van der Waals surface area contributed by atoms with Gasteiger partial charge >= 0.3 is 0 Å². The quantitative estimate of drug-likeness (QED) is 0.822. The van der Waals surface area contributed by atoms with E-state index < -0.39 is 0 Å². The van der Waals surface area contributed by atoms with Gasteiger partial charge in [0.15, 0.2) is 0 Å². The molecule has 128 valence electrons. The molecule has 0 unspecified atom stereocenters. The van der Waals surface area contributed by atoms with Gasteiger partial charge in [0, 0.05) is 39.0 Å². The van der Waals surface area contributed by atoms with Crippen LogP contribution in [0.3, 0.4) is 0 Å². The van der Waals surface area contributed by atoms with Gasteiger partial charge < -0.3 is 19.1 Å². The monoisotopic (exact) mass is 321 g/mol. The molecule has 6 nitrogen and oxygen atoms in total. The van der Waals surface area contributed by atoms with Crippen molar-refractivity contribution in [2.75, 3.05) is 27.2 Å². The molecule has 2 rings (SSSR count). The number of carbonyl (C=O) groups excluding carboxylic acids is 2. The number of nitrogens with zero attached hydrogens (tertiary/aromatic N) is 3. The van der Waals surface area contributed by atoms with Crippen molar-refractivity contribution in [3.8, 4) is 0 Å². The normalized spacial score (nSPS) is 17.8. The van der Waals surface area contributed by atoms with E-state index in [2.05, 4.69) is 4.57 Å². The summed E-state index contributed by atoms with van der Waals surface area (Å²) in [6.07, 6.45) is 2.35. The Morgan fingerprint density at radius 1 is 1.35 bits per heavy atom. The van der Waals surface area contributed by atoms with Crippen LogP contribution >= 0.6 is 0 Å². The maximum atomic E-state index is 12.5. The van der Waals surface area contributed by atoms with Crippen LogP contribution in [0, 0.1) is 5.92 Å².